The van der Waals surface area contributed by atoms with E-state index in [-0.39, 0.29) is 6.42 Å². The number of aromatic nitrogens is 3. The highest BCUT2D eigenvalue weighted by atomic mass is 19.3. The van der Waals surface area contributed by atoms with Gasteiger partial charge < -0.3 is 0 Å². The number of nitrogens with zero attached hydrogens (tertiary/aromatic N) is 4. The molecule has 1 saturated heterocycles. The van der Waals surface area contributed by atoms with E-state index in [1.165, 1.54) is 6.33 Å². The van der Waals surface area contributed by atoms with Crippen LogP contribution in [0.25, 0.3) is 0 Å². The van der Waals surface area contributed by atoms with Crippen molar-refractivity contribution in [1.82, 2.24) is 19.7 Å². The van der Waals surface area contributed by atoms with Crippen molar-refractivity contribution < 1.29 is 8.78 Å². The fraction of sp³-hybridized carbons (Fsp3) is 0.818. The molecule has 0 radical (unpaired) electrons. The second-order valence-electron chi connectivity index (χ2n) is 5.24. The van der Waals surface area contributed by atoms with Gasteiger partial charge in [0.05, 0.1) is 6.54 Å². The van der Waals surface area contributed by atoms with Crippen molar-refractivity contribution in [3.63, 3.8) is 0 Å². The highest BCUT2D eigenvalue weighted by Crippen LogP contribution is 2.65. The predicted molar refractivity (Wildman–Crippen MR) is 57.5 cm³/mol. The van der Waals surface area contributed by atoms with E-state index in [0.717, 1.165) is 18.9 Å². The first-order chi connectivity index (χ1) is 8.02. The number of hydrogen-bond acceptors (Lipinski definition) is 3. The zero-order valence-corrected chi connectivity index (χ0v) is 9.86. The molecule has 1 aliphatic carbocycles. The highest BCUT2D eigenvalue weighted by Gasteiger charge is 2.70. The lowest BCUT2D eigenvalue weighted by molar-refractivity contribution is 0.0293. The van der Waals surface area contributed by atoms with E-state index in [2.05, 4.69) is 15.0 Å². The zero-order valence-electron chi connectivity index (χ0n) is 9.86. The fourth-order valence-electron chi connectivity index (χ4n) is 2.73. The van der Waals surface area contributed by atoms with Crippen molar-refractivity contribution in [1.29, 1.82) is 0 Å². The van der Waals surface area contributed by atoms with Gasteiger partial charge in [0.25, 0.3) is 5.92 Å². The third-order valence-corrected chi connectivity index (χ3v) is 4.19. The van der Waals surface area contributed by atoms with Gasteiger partial charge in [-0.15, -0.1) is 0 Å². The standard InChI is InChI=1S/C11H16F2N4/c1-16-9(14-8-15-16)6-17-4-2-10(3-5-17)7-11(10,12)13/h8H,2-7H2,1H3. The maximum Gasteiger partial charge on any atom is 0.254 e. The fourth-order valence-corrected chi connectivity index (χ4v) is 2.73. The molecule has 0 unspecified atom stereocenters. The average Bonchev–Trinajstić information content (AvgIpc) is 2.60. The maximum atomic E-state index is 13.2. The second kappa shape index (κ2) is 3.48. The molecule has 0 amide bonds. The third kappa shape index (κ3) is 1.74. The van der Waals surface area contributed by atoms with Gasteiger partial charge >= 0.3 is 0 Å². The van der Waals surface area contributed by atoms with Gasteiger partial charge in [0.15, 0.2) is 0 Å². The molecule has 1 aromatic heterocycles. The van der Waals surface area contributed by atoms with Crippen molar-refractivity contribution >= 4 is 0 Å². The molecule has 3 rings (SSSR count). The second-order valence-corrected chi connectivity index (χ2v) is 5.24. The quantitative estimate of drug-likeness (QED) is 0.787. The molecule has 0 bridgehead atoms. The Kier molecular flexibility index (Phi) is 2.26. The van der Waals surface area contributed by atoms with Crippen molar-refractivity contribution in [2.45, 2.75) is 31.7 Å². The van der Waals surface area contributed by atoms with E-state index < -0.39 is 11.3 Å². The van der Waals surface area contributed by atoms with Gasteiger partial charge in [0.1, 0.15) is 12.2 Å². The van der Waals surface area contributed by atoms with Crippen LogP contribution in [-0.2, 0) is 13.6 Å². The lowest BCUT2D eigenvalue weighted by Gasteiger charge is -2.31. The summed E-state index contributed by atoms with van der Waals surface area (Å²) in [6.07, 6.45) is 2.84. The van der Waals surface area contributed by atoms with Gasteiger partial charge in [0, 0.05) is 18.9 Å². The first-order valence-corrected chi connectivity index (χ1v) is 5.96. The maximum absolute atomic E-state index is 13.2. The number of piperidine rings is 1. The minimum Gasteiger partial charge on any atom is -0.296 e. The van der Waals surface area contributed by atoms with Crippen LogP contribution in [0.3, 0.4) is 0 Å². The van der Waals surface area contributed by atoms with Crippen molar-refractivity contribution in [2.24, 2.45) is 12.5 Å². The first-order valence-electron chi connectivity index (χ1n) is 5.96. The van der Waals surface area contributed by atoms with Crippen molar-refractivity contribution in [2.75, 3.05) is 13.1 Å². The number of rotatable bonds is 2. The molecule has 1 aliphatic heterocycles. The molecular weight excluding hydrogens is 226 g/mol. The van der Waals surface area contributed by atoms with E-state index in [4.69, 9.17) is 0 Å². The van der Waals surface area contributed by atoms with Crippen LogP contribution in [0.5, 0.6) is 0 Å². The Morgan fingerprint density at radius 1 is 1.35 bits per heavy atom. The summed E-state index contributed by atoms with van der Waals surface area (Å²) in [5.74, 6) is -1.51. The van der Waals surface area contributed by atoms with Crippen molar-refractivity contribution in [3.8, 4) is 0 Å². The molecule has 94 valence electrons. The van der Waals surface area contributed by atoms with Crippen LogP contribution in [0.2, 0.25) is 0 Å². The highest BCUT2D eigenvalue weighted by molar-refractivity contribution is 5.11. The average molecular weight is 242 g/mol. The van der Waals surface area contributed by atoms with Crippen LogP contribution in [0, 0.1) is 5.41 Å². The summed E-state index contributed by atoms with van der Waals surface area (Å²) in [5, 5.41) is 4.01. The number of hydrogen-bond donors (Lipinski definition) is 0. The molecule has 1 saturated carbocycles. The van der Waals surface area contributed by atoms with Gasteiger partial charge in [-0.25, -0.2) is 13.8 Å². The topological polar surface area (TPSA) is 34.0 Å². The predicted octanol–water partition coefficient (Wildman–Crippen LogP) is 1.44. The minimum absolute atomic E-state index is 0.0950. The van der Waals surface area contributed by atoms with Crippen LogP contribution in [0.4, 0.5) is 8.78 Å². The normalized spacial score (nSPS) is 26.3. The molecule has 0 N–H and O–H groups in total. The molecular formula is C11H16F2N4. The zero-order chi connectivity index (χ0) is 12.1. The van der Waals surface area contributed by atoms with Gasteiger partial charge in [-0.05, 0) is 25.9 Å². The molecule has 1 aromatic rings. The SMILES string of the molecule is Cn1ncnc1CN1CCC2(CC1)CC2(F)F. The van der Waals surface area contributed by atoms with E-state index in [0.29, 0.717) is 19.4 Å². The summed E-state index contributed by atoms with van der Waals surface area (Å²) in [4.78, 5) is 6.34. The minimum atomic E-state index is -2.40. The molecule has 2 fully saturated rings. The number of alkyl halides is 2. The summed E-state index contributed by atoms with van der Waals surface area (Å²) < 4.78 is 28.1. The molecule has 0 atom stereocenters. The molecule has 2 aliphatic rings. The lowest BCUT2D eigenvalue weighted by Crippen LogP contribution is -2.36. The Morgan fingerprint density at radius 3 is 2.47 bits per heavy atom. The third-order valence-electron chi connectivity index (χ3n) is 4.19. The van der Waals surface area contributed by atoms with Crippen LogP contribution in [0.1, 0.15) is 25.1 Å². The van der Waals surface area contributed by atoms with Gasteiger partial charge in [0.2, 0.25) is 0 Å². The van der Waals surface area contributed by atoms with Crippen LogP contribution < -0.4 is 0 Å². The van der Waals surface area contributed by atoms with Crippen molar-refractivity contribution in [3.05, 3.63) is 12.2 Å². The summed E-state index contributed by atoms with van der Waals surface area (Å²) in [6, 6.07) is 0. The summed E-state index contributed by atoms with van der Waals surface area (Å²) in [7, 11) is 1.85. The number of likely N-dealkylation sites (tertiary alicyclic amines) is 1. The molecule has 1 spiro atoms. The number of halogens is 2. The van der Waals surface area contributed by atoms with E-state index in [1.807, 2.05) is 7.05 Å². The molecule has 2 heterocycles. The molecule has 6 heteroatoms. The molecule has 4 nitrogen and oxygen atoms in total. The summed E-state index contributed by atoms with van der Waals surface area (Å²) >= 11 is 0. The molecule has 0 aromatic carbocycles. The summed E-state index contributed by atoms with van der Waals surface area (Å²) in [5.41, 5.74) is -0.663. The molecule has 17 heavy (non-hydrogen) atoms. The Bertz CT molecular complexity index is 421. The monoisotopic (exact) mass is 242 g/mol. The largest absolute Gasteiger partial charge is 0.296 e. The lowest BCUT2D eigenvalue weighted by atomic mass is 9.93. The van der Waals surface area contributed by atoms with E-state index in [9.17, 15) is 8.78 Å². The first kappa shape index (κ1) is 11.1. The Hall–Kier alpha value is -1.04. The van der Waals surface area contributed by atoms with Gasteiger partial charge in [-0.1, -0.05) is 0 Å². The van der Waals surface area contributed by atoms with E-state index >= 15 is 0 Å². The van der Waals surface area contributed by atoms with Crippen LogP contribution in [0.15, 0.2) is 6.33 Å². The van der Waals surface area contributed by atoms with Crippen LogP contribution >= 0.6 is 0 Å². The van der Waals surface area contributed by atoms with Crippen LogP contribution in [-0.4, -0.2) is 38.7 Å². The Morgan fingerprint density at radius 2 is 2.00 bits per heavy atom. The van der Waals surface area contributed by atoms with Gasteiger partial charge in [-0.3, -0.25) is 9.58 Å². The van der Waals surface area contributed by atoms with E-state index in [1.54, 1.807) is 4.68 Å². The smallest absolute Gasteiger partial charge is 0.254 e. The summed E-state index contributed by atoms with van der Waals surface area (Å²) in [6.45, 7) is 2.18. The Labute approximate surface area is 98.6 Å². The van der Waals surface area contributed by atoms with Gasteiger partial charge in [-0.2, -0.15) is 5.10 Å². The number of aryl methyl sites for hydroxylation is 1. The Balaban J connectivity index is 1.58.